The van der Waals surface area contributed by atoms with Crippen LogP contribution in [0.25, 0.3) is 16.6 Å². The summed E-state index contributed by atoms with van der Waals surface area (Å²) in [6, 6.07) is 11.4. The van der Waals surface area contributed by atoms with E-state index >= 15 is 0 Å². The van der Waals surface area contributed by atoms with Gasteiger partial charge in [-0.25, -0.2) is 8.78 Å². The fraction of sp³-hybridized carbons (Fsp3) is 0.130. The van der Waals surface area contributed by atoms with Gasteiger partial charge in [-0.05, 0) is 43.3 Å². The van der Waals surface area contributed by atoms with E-state index in [4.69, 9.17) is 21.4 Å². The van der Waals surface area contributed by atoms with Gasteiger partial charge in [0.15, 0.2) is 0 Å². The van der Waals surface area contributed by atoms with Crippen LogP contribution in [-0.2, 0) is 6.61 Å². The highest BCUT2D eigenvalue weighted by Gasteiger charge is 2.16. The van der Waals surface area contributed by atoms with Crippen molar-refractivity contribution in [3.63, 3.8) is 0 Å². The maximum atomic E-state index is 13.8. The van der Waals surface area contributed by atoms with Crippen molar-refractivity contribution >= 4 is 28.4 Å². The Labute approximate surface area is 185 Å². The minimum atomic E-state index is -0.758. The number of aliphatic hydroxyl groups excluding tert-OH is 1. The molecule has 6 nitrogen and oxygen atoms in total. The molecule has 0 fully saturated rings. The normalized spacial score (nSPS) is 11.2. The molecule has 2 heterocycles. The van der Waals surface area contributed by atoms with Gasteiger partial charge in [0.25, 0.3) is 11.5 Å². The zero-order chi connectivity index (χ0) is 23.0. The Morgan fingerprint density at radius 3 is 2.62 bits per heavy atom. The molecule has 0 saturated heterocycles. The van der Waals surface area contributed by atoms with Crippen molar-refractivity contribution in [3.05, 3.63) is 93.0 Å². The molecule has 0 aliphatic carbocycles. The average molecular weight is 459 g/mol. The van der Waals surface area contributed by atoms with Gasteiger partial charge in [0.05, 0.1) is 5.52 Å². The van der Waals surface area contributed by atoms with Gasteiger partial charge in [0.1, 0.15) is 35.6 Å². The van der Waals surface area contributed by atoms with E-state index in [2.05, 4.69) is 0 Å². The third kappa shape index (κ3) is 3.90. The van der Waals surface area contributed by atoms with E-state index in [1.165, 1.54) is 15.2 Å². The van der Waals surface area contributed by atoms with Gasteiger partial charge in [0, 0.05) is 40.7 Å². The molecule has 164 valence electrons. The van der Waals surface area contributed by atoms with Crippen LogP contribution in [0, 0.1) is 18.6 Å². The molecule has 0 unspecified atom stereocenters. The van der Waals surface area contributed by atoms with Crippen LogP contribution in [0.1, 0.15) is 16.1 Å². The standard InChI is InChI=1S/C23H17ClF2N2O4/c1-13-8-20(32-12-15-2-3-16(25)10-18(15)26)22(24)23(31)28(13)17-4-5-19-14(9-17)6-7-27(19)21(30)11-29/h2-10,29H,11-12H2,1H3. The molecule has 4 rings (SSSR count). The second-order valence-corrected chi connectivity index (χ2v) is 7.49. The summed E-state index contributed by atoms with van der Waals surface area (Å²) in [5, 5.41) is 9.60. The summed E-state index contributed by atoms with van der Waals surface area (Å²) in [7, 11) is 0. The highest BCUT2D eigenvalue weighted by Crippen LogP contribution is 2.26. The molecule has 0 spiro atoms. The summed E-state index contributed by atoms with van der Waals surface area (Å²) < 4.78 is 35.2. The number of halogens is 3. The van der Waals surface area contributed by atoms with Crippen LogP contribution in [0.15, 0.2) is 59.5 Å². The number of carbonyl (C=O) groups excluding carboxylic acids is 1. The Morgan fingerprint density at radius 2 is 1.91 bits per heavy atom. The van der Waals surface area contributed by atoms with Crippen molar-refractivity contribution in [2.45, 2.75) is 13.5 Å². The number of nitrogens with zero attached hydrogens (tertiary/aromatic N) is 2. The minimum absolute atomic E-state index is 0.0786. The van der Waals surface area contributed by atoms with Crippen molar-refractivity contribution in [2.75, 3.05) is 6.61 Å². The summed E-state index contributed by atoms with van der Waals surface area (Å²) in [4.78, 5) is 24.8. The number of pyridine rings is 1. The molecular formula is C23H17ClF2N2O4. The molecule has 0 saturated carbocycles. The molecule has 0 aliphatic heterocycles. The summed E-state index contributed by atoms with van der Waals surface area (Å²) in [5.74, 6) is -1.85. The van der Waals surface area contributed by atoms with Crippen LogP contribution in [0.3, 0.4) is 0 Å². The average Bonchev–Trinajstić information content (AvgIpc) is 3.19. The molecule has 9 heteroatoms. The molecule has 2 aromatic heterocycles. The van der Waals surface area contributed by atoms with Gasteiger partial charge in [0.2, 0.25) is 0 Å². The lowest BCUT2D eigenvalue weighted by atomic mass is 10.2. The van der Waals surface area contributed by atoms with Gasteiger partial charge in [-0.3, -0.25) is 18.7 Å². The largest absolute Gasteiger partial charge is 0.487 e. The zero-order valence-electron chi connectivity index (χ0n) is 16.8. The summed E-state index contributed by atoms with van der Waals surface area (Å²) in [6.45, 7) is 0.837. The van der Waals surface area contributed by atoms with Crippen LogP contribution < -0.4 is 10.3 Å². The van der Waals surface area contributed by atoms with E-state index < -0.39 is 29.7 Å². The van der Waals surface area contributed by atoms with Crippen LogP contribution in [0.5, 0.6) is 5.75 Å². The monoisotopic (exact) mass is 458 g/mol. The van der Waals surface area contributed by atoms with E-state index in [-0.39, 0.29) is 22.9 Å². The Hall–Kier alpha value is -3.49. The maximum absolute atomic E-state index is 13.8. The van der Waals surface area contributed by atoms with Gasteiger partial charge < -0.3 is 9.84 Å². The number of ether oxygens (including phenoxy) is 1. The Morgan fingerprint density at radius 1 is 1.12 bits per heavy atom. The molecular weight excluding hydrogens is 442 g/mol. The Balaban J connectivity index is 1.68. The number of rotatable bonds is 5. The molecule has 0 amide bonds. The molecule has 0 bridgehead atoms. The lowest BCUT2D eigenvalue weighted by Gasteiger charge is -2.15. The molecule has 0 radical (unpaired) electrons. The molecule has 32 heavy (non-hydrogen) atoms. The maximum Gasteiger partial charge on any atom is 0.277 e. The van der Waals surface area contributed by atoms with Crippen molar-refractivity contribution in [1.29, 1.82) is 0 Å². The molecule has 1 N–H and O–H groups in total. The number of hydrogen-bond donors (Lipinski definition) is 1. The number of carbonyl (C=O) groups is 1. The van der Waals surface area contributed by atoms with Crippen LogP contribution in [-0.4, -0.2) is 26.8 Å². The smallest absolute Gasteiger partial charge is 0.277 e. The van der Waals surface area contributed by atoms with Gasteiger partial charge in [-0.2, -0.15) is 0 Å². The summed E-state index contributed by atoms with van der Waals surface area (Å²) in [6.07, 6.45) is 1.54. The fourth-order valence-electron chi connectivity index (χ4n) is 3.46. The van der Waals surface area contributed by atoms with Gasteiger partial charge >= 0.3 is 0 Å². The number of hydrogen-bond acceptors (Lipinski definition) is 4. The molecule has 0 atom stereocenters. The first-order valence-corrected chi connectivity index (χ1v) is 9.92. The number of aromatic nitrogens is 2. The van der Waals surface area contributed by atoms with Crippen LogP contribution in [0.4, 0.5) is 8.78 Å². The van der Waals surface area contributed by atoms with E-state index in [9.17, 15) is 18.4 Å². The summed E-state index contributed by atoms with van der Waals surface area (Å²) >= 11 is 6.25. The van der Waals surface area contributed by atoms with Gasteiger partial charge in [-0.1, -0.05) is 11.6 Å². The molecule has 0 aliphatic rings. The quantitative estimate of drug-likeness (QED) is 0.485. The van der Waals surface area contributed by atoms with Crippen molar-refractivity contribution in [1.82, 2.24) is 9.13 Å². The topological polar surface area (TPSA) is 73.5 Å². The lowest BCUT2D eigenvalue weighted by Crippen LogP contribution is -2.22. The number of aryl methyl sites for hydroxylation is 1. The SMILES string of the molecule is Cc1cc(OCc2ccc(F)cc2F)c(Cl)c(=O)n1-c1ccc2c(ccn2C(=O)CO)c1. The first-order valence-electron chi connectivity index (χ1n) is 9.54. The van der Waals surface area contributed by atoms with E-state index in [0.29, 0.717) is 22.3 Å². The zero-order valence-corrected chi connectivity index (χ0v) is 17.6. The fourth-order valence-corrected chi connectivity index (χ4v) is 3.66. The number of fused-ring (bicyclic) bond motifs is 1. The van der Waals surface area contributed by atoms with Crippen molar-refractivity contribution < 1.29 is 23.4 Å². The first kappa shape index (κ1) is 21.7. The van der Waals surface area contributed by atoms with E-state index in [0.717, 1.165) is 12.1 Å². The highest BCUT2D eigenvalue weighted by molar-refractivity contribution is 6.31. The Kier molecular flexibility index (Phi) is 5.82. The van der Waals surface area contributed by atoms with Gasteiger partial charge in [-0.15, -0.1) is 0 Å². The second kappa shape index (κ2) is 8.57. The minimum Gasteiger partial charge on any atom is -0.487 e. The predicted molar refractivity (Wildman–Crippen MR) is 116 cm³/mol. The van der Waals surface area contributed by atoms with E-state index in [1.807, 2.05) is 0 Å². The highest BCUT2D eigenvalue weighted by atomic mass is 35.5. The van der Waals surface area contributed by atoms with Crippen LogP contribution >= 0.6 is 11.6 Å². The predicted octanol–water partition coefficient (Wildman–Crippen LogP) is 4.24. The third-order valence-corrected chi connectivity index (χ3v) is 5.38. The van der Waals surface area contributed by atoms with E-state index in [1.54, 1.807) is 43.5 Å². The molecule has 2 aromatic carbocycles. The second-order valence-electron chi connectivity index (χ2n) is 7.11. The number of aliphatic hydroxyl groups is 1. The summed E-state index contributed by atoms with van der Waals surface area (Å²) in [5.41, 5.74) is 1.21. The van der Waals surface area contributed by atoms with Crippen LogP contribution in [0.2, 0.25) is 5.02 Å². The lowest BCUT2D eigenvalue weighted by molar-refractivity contribution is 0.0824. The first-order chi connectivity index (χ1) is 15.3. The van der Waals surface area contributed by atoms with Crippen molar-refractivity contribution in [2.24, 2.45) is 0 Å². The van der Waals surface area contributed by atoms with Crippen molar-refractivity contribution in [3.8, 4) is 11.4 Å². The molecule has 4 aromatic rings. The number of benzene rings is 2. The third-order valence-electron chi connectivity index (χ3n) is 5.03. The Bertz CT molecular complexity index is 1410.